The van der Waals surface area contributed by atoms with Crippen LogP contribution in [0.3, 0.4) is 0 Å². The summed E-state index contributed by atoms with van der Waals surface area (Å²) in [6.07, 6.45) is 1.10. The number of ether oxygens (including phenoxy) is 1. The Kier molecular flexibility index (Phi) is 4.06. The van der Waals surface area contributed by atoms with Crippen molar-refractivity contribution in [1.82, 2.24) is 9.62 Å². The molecule has 1 saturated heterocycles. The number of hydrogen-bond donors (Lipinski definition) is 1. The molecule has 0 bridgehead atoms. The molecule has 88 valence electrons. The molecular weight excluding hydrogens is 220 g/mol. The van der Waals surface area contributed by atoms with Crippen molar-refractivity contribution in [2.45, 2.75) is 13.0 Å². The summed E-state index contributed by atoms with van der Waals surface area (Å²) >= 11 is 0. The summed E-state index contributed by atoms with van der Waals surface area (Å²) in [5.74, 6) is -0.491. The van der Waals surface area contributed by atoms with Crippen molar-refractivity contribution in [3.05, 3.63) is 0 Å². The zero-order valence-electron chi connectivity index (χ0n) is 8.89. The number of sulfonamides is 1. The van der Waals surface area contributed by atoms with Crippen molar-refractivity contribution in [3.63, 3.8) is 0 Å². The lowest BCUT2D eigenvalue weighted by atomic mass is 10.2. The second kappa shape index (κ2) is 4.91. The second-order valence-corrected chi connectivity index (χ2v) is 5.28. The van der Waals surface area contributed by atoms with E-state index >= 15 is 0 Å². The standard InChI is InChI=1S/C8H16N2O4S/c1-3-14-8(11)7-6-9-4-5-10(7)15(2,12)13/h7,9H,3-6H2,1-2H3. The molecule has 0 aromatic carbocycles. The van der Waals surface area contributed by atoms with Crippen molar-refractivity contribution < 1.29 is 17.9 Å². The zero-order valence-corrected chi connectivity index (χ0v) is 9.71. The van der Waals surface area contributed by atoms with Crippen LogP contribution in [0, 0.1) is 0 Å². The maximum absolute atomic E-state index is 11.5. The molecule has 1 aliphatic rings. The van der Waals surface area contributed by atoms with E-state index in [9.17, 15) is 13.2 Å². The van der Waals surface area contributed by atoms with Gasteiger partial charge in [-0.05, 0) is 6.92 Å². The molecule has 0 radical (unpaired) electrons. The lowest BCUT2D eigenvalue weighted by Crippen LogP contribution is -2.57. The first-order valence-corrected chi connectivity index (χ1v) is 6.65. The van der Waals surface area contributed by atoms with Gasteiger partial charge < -0.3 is 10.1 Å². The zero-order chi connectivity index (χ0) is 11.5. The second-order valence-electron chi connectivity index (χ2n) is 3.35. The molecule has 1 atom stereocenters. The highest BCUT2D eigenvalue weighted by Crippen LogP contribution is 2.09. The van der Waals surface area contributed by atoms with Crippen LogP contribution in [0.2, 0.25) is 0 Å². The number of piperazine rings is 1. The summed E-state index contributed by atoms with van der Waals surface area (Å²) in [6, 6.07) is -0.728. The van der Waals surface area contributed by atoms with Gasteiger partial charge in [-0.1, -0.05) is 0 Å². The fourth-order valence-electron chi connectivity index (χ4n) is 1.52. The Balaban J connectivity index is 2.79. The maximum atomic E-state index is 11.5. The number of esters is 1. The maximum Gasteiger partial charge on any atom is 0.325 e. The summed E-state index contributed by atoms with van der Waals surface area (Å²) in [5.41, 5.74) is 0. The minimum Gasteiger partial charge on any atom is -0.465 e. The Morgan fingerprint density at radius 1 is 1.60 bits per heavy atom. The number of carbonyl (C=O) groups excluding carboxylic acids is 1. The van der Waals surface area contributed by atoms with Crippen molar-refractivity contribution in [1.29, 1.82) is 0 Å². The van der Waals surface area contributed by atoms with E-state index in [-0.39, 0.29) is 6.61 Å². The van der Waals surface area contributed by atoms with E-state index in [4.69, 9.17) is 4.74 Å². The van der Waals surface area contributed by atoms with Gasteiger partial charge in [-0.2, -0.15) is 4.31 Å². The first-order valence-electron chi connectivity index (χ1n) is 4.81. The van der Waals surface area contributed by atoms with Gasteiger partial charge in [-0.15, -0.1) is 0 Å². The van der Waals surface area contributed by atoms with Crippen molar-refractivity contribution >= 4 is 16.0 Å². The van der Waals surface area contributed by atoms with E-state index in [1.165, 1.54) is 4.31 Å². The van der Waals surface area contributed by atoms with Crippen LogP contribution in [0.15, 0.2) is 0 Å². The molecule has 1 fully saturated rings. The smallest absolute Gasteiger partial charge is 0.325 e. The molecule has 1 rings (SSSR count). The van der Waals surface area contributed by atoms with Crippen LogP contribution in [-0.4, -0.2) is 57.2 Å². The molecule has 0 spiro atoms. The summed E-state index contributed by atoms with van der Waals surface area (Å²) in [7, 11) is -3.35. The normalized spacial score (nSPS) is 23.7. The summed E-state index contributed by atoms with van der Waals surface area (Å²) in [5, 5.41) is 2.97. The number of carbonyl (C=O) groups is 1. The van der Waals surface area contributed by atoms with E-state index in [1.54, 1.807) is 6.92 Å². The Bertz CT molecular complexity index is 328. The van der Waals surface area contributed by atoms with Gasteiger partial charge in [0.1, 0.15) is 6.04 Å². The molecule has 1 unspecified atom stereocenters. The van der Waals surface area contributed by atoms with E-state index in [0.717, 1.165) is 6.26 Å². The van der Waals surface area contributed by atoms with Gasteiger partial charge in [0.05, 0.1) is 12.9 Å². The quantitative estimate of drug-likeness (QED) is 0.622. The number of rotatable bonds is 3. The van der Waals surface area contributed by atoms with Gasteiger partial charge >= 0.3 is 5.97 Å². The number of nitrogens with zero attached hydrogens (tertiary/aromatic N) is 1. The summed E-state index contributed by atoms with van der Waals surface area (Å²) < 4.78 is 28.8. The molecule has 1 heterocycles. The Hall–Kier alpha value is -0.660. The molecule has 6 nitrogen and oxygen atoms in total. The van der Waals surface area contributed by atoms with Gasteiger partial charge in [-0.3, -0.25) is 4.79 Å². The van der Waals surface area contributed by atoms with Crippen LogP contribution in [-0.2, 0) is 19.6 Å². The SMILES string of the molecule is CCOC(=O)C1CNCCN1S(C)(=O)=O. The van der Waals surface area contributed by atoms with Crippen molar-refractivity contribution in [2.75, 3.05) is 32.5 Å². The van der Waals surface area contributed by atoms with Gasteiger partial charge in [-0.25, -0.2) is 8.42 Å². The topological polar surface area (TPSA) is 75.7 Å². The minimum atomic E-state index is -3.35. The van der Waals surface area contributed by atoms with Crippen LogP contribution in [0.4, 0.5) is 0 Å². The van der Waals surface area contributed by atoms with E-state index in [1.807, 2.05) is 0 Å². The Morgan fingerprint density at radius 2 is 2.27 bits per heavy atom. The molecule has 0 aromatic heterocycles. The van der Waals surface area contributed by atoms with Crippen LogP contribution in [0.25, 0.3) is 0 Å². The lowest BCUT2D eigenvalue weighted by Gasteiger charge is -2.32. The van der Waals surface area contributed by atoms with E-state index in [2.05, 4.69) is 5.32 Å². The third-order valence-corrected chi connectivity index (χ3v) is 3.47. The average Bonchev–Trinajstić information content (AvgIpc) is 2.17. The predicted octanol–water partition coefficient (Wildman–Crippen LogP) is -1.22. The van der Waals surface area contributed by atoms with Gasteiger partial charge in [0.25, 0.3) is 0 Å². The summed E-state index contributed by atoms with van der Waals surface area (Å²) in [6.45, 7) is 3.13. The molecule has 0 amide bonds. The molecule has 0 saturated carbocycles. The molecule has 0 aromatic rings. The molecular formula is C8H16N2O4S. The van der Waals surface area contributed by atoms with Crippen molar-refractivity contribution in [2.24, 2.45) is 0 Å². The monoisotopic (exact) mass is 236 g/mol. The molecule has 1 N–H and O–H groups in total. The molecule has 1 aliphatic heterocycles. The number of hydrogen-bond acceptors (Lipinski definition) is 5. The highest BCUT2D eigenvalue weighted by Gasteiger charge is 2.35. The van der Waals surface area contributed by atoms with Gasteiger partial charge in [0.2, 0.25) is 10.0 Å². The largest absolute Gasteiger partial charge is 0.465 e. The summed E-state index contributed by atoms with van der Waals surface area (Å²) in [4.78, 5) is 11.5. The Morgan fingerprint density at radius 3 is 2.80 bits per heavy atom. The molecule has 7 heteroatoms. The van der Waals surface area contributed by atoms with E-state index in [0.29, 0.717) is 19.6 Å². The number of nitrogens with one attached hydrogen (secondary N) is 1. The van der Waals surface area contributed by atoms with Crippen LogP contribution >= 0.6 is 0 Å². The fraction of sp³-hybridized carbons (Fsp3) is 0.875. The fourth-order valence-corrected chi connectivity index (χ4v) is 2.57. The minimum absolute atomic E-state index is 0.257. The van der Waals surface area contributed by atoms with Crippen LogP contribution in [0.1, 0.15) is 6.92 Å². The van der Waals surface area contributed by atoms with Crippen LogP contribution < -0.4 is 5.32 Å². The van der Waals surface area contributed by atoms with Crippen molar-refractivity contribution in [3.8, 4) is 0 Å². The molecule has 0 aliphatic carbocycles. The highest BCUT2D eigenvalue weighted by molar-refractivity contribution is 7.88. The molecule has 15 heavy (non-hydrogen) atoms. The predicted molar refractivity (Wildman–Crippen MR) is 54.8 cm³/mol. The third kappa shape index (κ3) is 3.15. The third-order valence-electron chi connectivity index (χ3n) is 2.18. The first-order chi connectivity index (χ1) is 6.96. The Labute approximate surface area is 89.6 Å². The van der Waals surface area contributed by atoms with Crippen LogP contribution in [0.5, 0.6) is 0 Å². The highest BCUT2D eigenvalue weighted by atomic mass is 32.2. The lowest BCUT2D eigenvalue weighted by molar-refractivity contribution is -0.148. The van der Waals surface area contributed by atoms with Gasteiger partial charge in [0.15, 0.2) is 0 Å². The first kappa shape index (κ1) is 12.4. The van der Waals surface area contributed by atoms with Gasteiger partial charge in [0, 0.05) is 19.6 Å². The average molecular weight is 236 g/mol. The van der Waals surface area contributed by atoms with E-state index < -0.39 is 22.0 Å².